The molecule has 1 aliphatic heterocycles. The summed E-state index contributed by atoms with van der Waals surface area (Å²) in [6.45, 7) is 8.17. The molecule has 0 unspecified atom stereocenters. The summed E-state index contributed by atoms with van der Waals surface area (Å²) in [4.78, 5) is 32.5. The number of benzene rings is 2. The van der Waals surface area contributed by atoms with Crippen molar-refractivity contribution in [2.24, 2.45) is 7.05 Å². The number of piperidine rings is 1. The number of likely N-dealkylation sites (tertiary alicyclic amines) is 1. The van der Waals surface area contributed by atoms with E-state index in [-0.39, 0.29) is 17.6 Å². The highest BCUT2D eigenvalue weighted by Crippen LogP contribution is 2.28. The molecule has 11 heteroatoms. The van der Waals surface area contributed by atoms with Gasteiger partial charge in [-0.25, -0.2) is 9.78 Å². The maximum absolute atomic E-state index is 13.5. The summed E-state index contributed by atoms with van der Waals surface area (Å²) in [6, 6.07) is 19.8. The molecular formula is C35H40N6O5. The number of fused-ring (bicyclic) bond motifs is 1. The van der Waals surface area contributed by atoms with Crippen molar-refractivity contribution in [1.82, 2.24) is 29.5 Å². The van der Waals surface area contributed by atoms with E-state index in [1.54, 1.807) is 18.0 Å². The second-order valence-electron chi connectivity index (χ2n) is 13.1. The van der Waals surface area contributed by atoms with E-state index in [4.69, 9.17) is 9.15 Å². The van der Waals surface area contributed by atoms with E-state index in [2.05, 4.69) is 44.6 Å². The highest BCUT2D eigenvalue weighted by Gasteiger charge is 2.33. The summed E-state index contributed by atoms with van der Waals surface area (Å²) in [6.07, 6.45) is 3.80. The predicted molar refractivity (Wildman–Crippen MR) is 175 cm³/mol. The Bertz CT molecular complexity index is 1860. The molecular weight excluding hydrogens is 584 g/mol. The van der Waals surface area contributed by atoms with Gasteiger partial charge in [-0.1, -0.05) is 48.5 Å². The maximum atomic E-state index is 13.5. The molecule has 0 atom stereocenters. The van der Waals surface area contributed by atoms with Crippen LogP contribution in [0.5, 0.6) is 0 Å². The lowest BCUT2D eigenvalue weighted by molar-refractivity contribution is -0.0365. The van der Waals surface area contributed by atoms with Crippen LogP contribution >= 0.6 is 0 Å². The Hall–Kier alpha value is -4.74. The van der Waals surface area contributed by atoms with Crippen molar-refractivity contribution in [3.05, 3.63) is 94.7 Å². The second kappa shape index (κ2) is 12.6. The Morgan fingerprint density at radius 1 is 1.00 bits per heavy atom. The Morgan fingerprint density at radius 2 is 1.67 bits per heavy atom. The standard InChI is InChI=1S/C35H40N6O5/c1-34(2,3)46-33(43)36-20-24-7-13-27(14-8-24)31-29-30(38-39(31)4)32(42)41(23-37-29)22-35(44)15-17-40(18-16-35)21-25-9-11-26(12-10-25)28-6-5-19-45-28/h5-14,19,23,44H,15-18,20-22H2,1-4H3,(H,36,43). The number of aromatic nitrogens is 4. The highest BCUT2D eigenvalue weighted by atomic mass is 16.6. The average Bonchev–Trinajstić information content (AvgIpc) is 3.67. The molecule has 0 bridgehead atoms. The fraction of sp³-hybridized carbons (Fsp3) is 0.371. The summed E-state index contributed by atoms with van der Waals surface area (Å²) < 4.78 is 13.9. The van der Waals surface area contributed by atoms with Crippen LogP contribution in [0.4, 0.5) is 4.79 Å². The van der Waals surface area contributed by atoms with Gasteiger partial charge in [0.05, 0.1) is 30.4 Å². The minimum Gasteiger partial charge on any atom is -0.464 e. The van der Waals surface area contributed by atoms with Crippen LogP contribution in [0.15, 0.2) is 82.5 Å². The van der Waals surface area contributed by atoms with Gasteiger partial charge in [-0.2, -0.15) is 5.10 Å². The molecule has 240 valence electrons. The molecule has 6 rings (SSSR count). The molecule has 0 spiro atoms. The van der Waals surface area contributed by atoms with E-state index in [1.807, 2.05) is 57.2 Å². The van der Waals surface area contributed by atoms with Gasteiger partial charge in [0.25, 0.3) is 5.56 Å². The molecule has 5 aromatic rings. The first-order valence-corrected chi connectivity index (χ1v) is 15.5. The second-order valence-corrected chi connectivity index (χ2v) is 13.1. The monoisotopic (exact) mass is 624 g/mol. The van der Waals surface area contributed by atoms with Gasteiger partial charge in [0, 0.05) is 44.4 Å². The van der Waals surface area contributed by atoms with Crippen molar-refractivity contribution in [3.63, 3.8) is 0 Å². The van der Waals surface area contributed by atoms with Crippen LogP contribution in [-0.2, 0) is 31.4 Å². The minimum absolute atomic E-state index is 0.158. The van der Waals surface area contributed by atoms with E-state index >= 15 is 0 Å². The van der Waals surface area contributed by atoms with Gasteiger partial charge in [0.15, 0.2) is 5.52 Å². The molecule has 1 amide bonds. The third-order valence-corrected chi connectivity index (χ3v) is 8.29. The Morgan fingerprint density at radius 3 is 2.33 bits per heavy atom. The SMILES string of the molecule is Cn1nc2c(=O)n(CC3(O)CCN(Cc4ccc(-c5ccco5)cc4)CC3)cnc2c1-c1ccc(CNC(=O)OC(C)(C)C)cc1. The molecule has 0 saturated carbocycles. The van der Waals surface area contributed by atoms with Crippen LogP contribution in [0, 0.1) is 0 Å². The van der Waals surface area contributed by atoms with Crippen molar-refractivity contribution >= 4 is 17.1 Å². The summed E-state index contributed by atoms with van der Waals surface area (Å²) in [7, 11) is 1.78. The normalized spacial score (nSPS) is 15.2. The smallest absolute Gasteiger partial charge is 0.407 e. The molecule has 11 nitrogen and oxygen atoms in total. The largest absolute Gasteiger partial charge is 0.464 e. The van der Waals surface area contributed by atoms with Crippen LogP contribution in [0.2, 0.25) is 0 Å². The Kier molecular flexibility index (Phi) is 8.54. The first kappa shape index (κ1) is 31.3. The zero-order valence-corrected chi connectivity index (χ0v) is 26.7. The number of carbonyl (C=O) groups is 1. The number of rotatable bonds is 8. The van der Waals surface area contributed by atoms with Crippen molar-refractivity contribution in [2.45, 2.75) is 64.4 Å². The van der Waals surface area contributed by atoms with Gasteiger partial charge in [-0.05, 0) is 56.9 Å². The fourth-order valence-corrected chi connectivity index (χ4v) is 5.88. The molecule has 3 aromatic heterocycles. The summed E-state index contributed by atoms with van der Waals surface area (Å²) >= 11 is 0. The van der Waals surface area contributed by atoms with Gasteiger partial charge >= 0.3 is 6.09 Å². The number of hydrogen-bond donors (Lipinski definition) is 2. The van der Waals surface area contributed by atoms with Crippen molar-refractivity contribution in [2.75, 3.05) is 13.1 Å². The van der Waals surface area contributed by atoms with Gasteiger partial charge in [-0.15, -0.1) is 0 Å². The molecule has 46 heavy (non-hydrogen) atoms. The van der Waals surface area contributed by atoms with Crippen LogP contribution in [-0.4, -0.2) is 59.7 Å². The van der Waals surface area contributed by atoms with Crippen LogP contribution < -0.4 is 10.9 Å². The van der Waals surface area contributed by atoms with Crippen molar-refractivity contribution in [3.8, 4) is 22.6 Å². The van der Waals surface area contributed by atoms with Crippen LogP contribution in [0.25, 0.3) is 33.6 Å². The number of carbonyl (C=O) groups excluding carboxylic acids is 1. The number of amides is 1. The predicted octanol–water partition coefficient (Wildman–Crippen LogP) is 5.11. The fourth-order valence-electron chi connectivity index (χ4n) is 5.88. The molecule has 0 radical (unpaired) electrons. The third-order valence-electron chi connectivity index (χ3n) is 8.29. The number of furan rings is 1. The highest BCUT2D eigenvalue weighted by molar-refractivity contribution is 5.89. The summed E-state index contributed by atoms with van der Waals surface area (Å²) in [5, 5.41) is 18.7. The zero-order chi connectivity index (χ0) is 32.5. The van der Waals surface area contributed by atoms with E-state index in [0.29, 0.717) is 24.9 Å². The molecule has 1 fully saturated rings. The minimum atomic E-state index is -1.01. The lowest BCUT2D eigenvalue weighted by Crippen LogP contribution is -2.47. The van der Waals surface area contributed by atoms with Gasteiger partial charge < -0.3 is 19.6 Å². The van der Waals surface area contributed by atoms with Crippen LogP contribution in [0.3, 0.4) is 0 Å². The van der Waals surface area contributed by atoms with E-state index < -0.39 is 17.3 Å². The quantitative estimate of drug-likeness (QED) is 0.244. The molecule has 4 heterocycles. The molecule has 2 aromatic carbocycles. The van der Waals surface area contributed by atoms with E-state index in [1.165, 1.54) is 16.5 Å². The molecule has 2 N–H and O–H groups in total. The van der Waals surface area contributed by atoms with Crippen LogP contribution in [0.1, 0.15) is 44.7 Å². The molecule has 1 aliphatic rings. The third kappa shape index (κ3) is 7.05. The van der Waals surface area contributed by atoms with Gasteiger partial charge in [0.1, 0.15) is 16.9 Å². The van der Waals surface area contributed by atoms with E-state index in [0.717, 1.165) is 47.8 Å². The number of aliphatic hydroxyl groups is 1. The number of nitrogens with one attached hydrogen (secondary N) is 1. The topological polar surface area (TPSA) is 128 Å². The number of hydrogen-bond acceptors (Lipinski definition) is 8. The van der Waals surface area contributed by atoms with Crippen molar-refractivity contribution < 1.29 is 19.1 Å². The summed E-state index contributed by atoms with van der Waals surface area (Å²) in [5.41, 5.74) is 3.61. The Labute approximate surface area is 267 Å². The van der Waals surface area contributed by atoms with Gasteiger partial charge in [-0.3, -0.25) is 18.9 Å². The lowest BCUT2D eigenvalue weighted by Gasteiger charge is -2.38. The van der Waals surface area contributed by atoms with E-state index in [9.17, 15) is 14.7 Å². The van der Waals surface area contributed by atoms with Crippen molar-refractivity contribution in [1.29, 1.82) is 0 Å². The van der Waals surface area contributed by atoms with Gasteiger partial charge in [0.2, 0.25) is 0 Å². The molecule has 0 aliphatic carbocycles. The maximum Gasteiger partial charge on any atom is 0.407 e. The number of aryl methyl sites for hydroxylation is 1. The number of nitrogens with zero attached hydrogens (tertiary/aromatic N) is 5. The average molecular weight is 625 g/mol. The first-order chi connectivity index (χ1) is 22.0. The number of ether oxygens (including phenoxy) is 1. The summed E-state index contributed by atoms with van der Waals surface area (Å²) in [5.74, 6) is 0.847. The number of alkyl carbamates (subject to hydrolysis) is 1. The Balaban J connectivity index is 1.09. The molecule has 1 saturated heterocycles. The zero-order valence-electron chi connectivity index (χ0n) is 26.7. The first-order valence-electron chi connectivity index (χ1n) is 15.5. The lowest BCUT2D eigenvalue weighted by atomic mass is 9.91.